The Bertz CT molecular complexity index is 198. The maximum absolute atomic E-state index is 11.6. The molecule has 4 nitrogen and oxygen atoms in total. The number of nitrogens with one attached hydrogen (secondary N) is 1. The van der Waals surface area contributed by atoms with Gasteiger partial charge in [-0.2, -0.15) is 13.2 Å². The molecule has 0 fully saturated rings. The van der Waals surface area contributed by atoms with Crippen LogP contribution in [-0.2, 0) is 9.63 Å². The Morgan fingerprint density at radius 1 is 1.36 bits per heavy atom. The molecule has 0 atom stereocenters. The van der Waals surface area contributed by atoms with Crippen molar-refractivity contribution in [2.45, 2.75) is 6.18 Å². The smallest absolute Gasteiger partial charge is 0.329 e. The van der Waals surface area contributed by atoms with Gasteiger partial charge < -0.3 is 4.48 Å². The number of likely N-dealkylation sites (N-methyl/N-ethyl adjacent to an activating group) is 1. The van der Waals surface area contributed by atoms with Crippen molar-refractivity contribution >= 4 is 5.91 Å². The Hall–Kier alpha value is -0.820. The molecule has 0 saturated heterocycles. The summed E-state index contributed by atoms with van der Waals surface area (Å²) in [5.74, 6) is -2.08. The van der Waals surface area contributed by atoms with Crippen LogP contribution in [0.25, 0.3) is 0 Å². The third-order valence-electron chi connectivity index (χ3n) is 1.29. The van der Waals surface area contributed by atoms with Crippen LogP contribution in [0.2, 0.25) is 0 Å². The lowest BCUT2D eigenvalue weighted by atomic mass is 10.5. The number of alkyl halides is 3. The molecule has 0 aromatic rings. The first-order valence-electron chi connectivity index (χ1n) is 3.92. The van der Waals surface area contributed by atoms with E-state index in [0.29, 0.717) is 11.0 Å². The van der Waals surface area contributed by atoms with Crippen LogP contribution in [0.3, 0.4) is 0 Å². The van der Waals surface area contributed by atoms with E-state index in [4.69, 9.17) is 0 Å². The molecule has 0 heterocycles. The SMILES string of the molecule is C[N+](C)(C)CCONC(=O)C(F)(F)F. The van der Waals surface area contributed by atoms with E-state index in [1.807, 2.05) is 21.1 Å². The van der Waals surface area contributed by atoms with Gasteiger partial charge in [-0.3, -0.25) is 9.63 Å². The molecule has 0 rings (SSSR count). The lowest BCUT2D eigenvalue weighted by molar-refractivity contribution is -0.870. The first-order chi connectivity index (χ1) is 6.13. The molecule has 0 aromatic carbocycles. The normalized spacial score (nSPS) is 12.7. The highest BCUT2D eigenvalue weighted by atomic mass is 19.4. The average Bonchev–Trinajstić information content (AvgIpc) is 1.93. The fourth-order valence-corrected chi connectivity index (χ4v) is 0.494. The molecule has 0 aliphatic heterocycles. The van der Waals surface area contributed by atoms with Gasteiger partial charge >= 0.3 is 12.1 Å². The van der Waals surface area contributed by atoms with Crippen molar-refractivity contribution in [3.05, 3.63) is 0 Å². The third kappa shape index (κ3) is 6.67. The van der Waals surface area contributed by atoms with Gasteiger partial charge in [0.25, 0.3) is 0 Å². The van der Waals surface area contributed by atoms with Crippen molar-refractivity contribution in [3.8, 4) is 0 Å². The summed E-state index contributed by atoms with van der Waals surface area (Å²) in [5.41, 5.74) is 1.32. The largest absolute Gasteiger partial charge is 0.473 e. The van der Waals surface area contributed by atoms with Gasteiger partial charge in [0.2, 0.25) is 0 Å². The number of rotatable bonds is 4. The summed E-state index contributed by atoms with van der Waals surface area (Å²) in [6.45, 7) is 0.531. The number of hydrogen-bond acceptors (Lipinski definition) is 2. The molecule has 0 aromatic heterocycles. The van der Waals surface area contributed by atoms with Crippen molar-refractivity contribution in [1.29, 1.82) is 0 Å². The van der Waals surface area contributed by atoms with Gasteiger partial charge in [0.1, 0.15) is 13.2 Å². The van der Waals surface area contributed by atoms with Crippen LogP contribution < -0.4 is 5.48 Å². The number of quaternary nitrogens is 1. The highest BCUT2D eigenvalue weighted by molar-refractivity contribution is 5.80. The van der Waals surface area contributed by atoms with Gasteiger partial charge in [0.15, 0.2) is 0 Å². The molecule has 0 bridgehead atoms. The van der Waals surface area contributed by atoms with Crippen LogP contribution in [0, 0.1) is 0 Å². The predicted molar refractivity (Wildman–Crippen MR) is 43.0 cm³/mol. The predicted octanol–water partition coefficient (Wildman–Crippen LogP) is 0.303. The van der Waals surface area contributed by atoms with Crippen LogP contribution in [0.15, 0.2) is 0 Å². The Balaban J connectivity index is 3.62. The number of halogens is 3. The molecule has 0 aliphatic rings. The van der Waals surface area contributed by atoms with E-state index in [9.17, 15) is 18.0 Å². The Morgan fingerprint density at radius 2 is 1.86 bits per heavy atom. The highest BCUT2D eigenvalue weighted by Crippen LogP contribution is 2.13. The summed E-state index contributed by atoms with van der Waals surface area (Å²) in [7, 11) is 5.57. The Kier molecular flexibility index (Phi) is 4.34. The number of hydroxylamine groups is 1. The molecule has 1 N–H and O–H groups in total. The average molecular weight is 215 g/mol. The van der Waals surface area contributed by atoms with E-state index in [1.165, 1.54) is 5.48 Å². The van der Waals surface area contributed by atoms with Crippen LogP contribution in [0.5, 0.6) is 0 Å². The molecule has 0 unspecified atom stereocenters. The molecule has 0 saturated carbocycles. The zero-order valence-corrected chi connectivity index (χ0v) is 8.31. The van der Waals surface area contributed by atoms with Crippen molar-refractivity contribution in [3.63, 3.8) is 0 Å². The zero-order chi connectivity index (χ0) is 11.4. The van der Waals surface area contributed by atoms with E-state index in [-0.39, 0.29) is 6.61 Å². The van der Waals surface area contributed by atoms with Gasteiger partial charge in [-0.05, 0) is 0 Å². The second-order valence-electron chi connectivity index (χ2n) is 3.79. The fourth-order valence-electron chi connectivity index (χ4n) is 0.494. The molecule has 0 aliphatic carbocycles. The van der Waals surface area contributed by atoms with Crippen molar-refractivity contribution < 1.29 is 27.3 Å². The van der Waals surface area contributed by atoms with Gasteiger partial charge in [-0.15, -0.1) is 0 Å². The van der Waals surface area contributed by atoms with Crippen molar-refractivity contribution in [1.82, 2.24) is 5.48 Å². The maximum Gasteiger partial charge on any atom is 0.473 e. The lowest BCUT2D eigenvalue weighted by Gasteiger charge is -2.23. The van der Waals surface area contributed by atoms with Gasteiger partial charge in [-0.25, -0.2) is 5.48 Å². The fraction of sp³-hybridized carbons (Fsp3) is 0.857. The number of carbonyl (C=O) groups is 1. The van der Waals surface area contributed by atoms with Gasteiger partial charge in [0.05, 0.1) is 21.1 Å². The summed E-state index contributed by atoms with van der Waals surface area (Å²) in [5, 5.41) is 0. The summed E-state index contributed by atoms with van der Waals surface area (Å²) >= 11 is 0. The van der Waals surface area contributed by atoms with Crippen LogP contribution in [0.4, 0.5) is 13.2 Å². The summed E-state index contributed by atoms with van der Waals surface area (Å²) < 4.78 is 35.4. The minimum Gasteiger partial charge on any atom is -0.329 e. The van der Waals surface area contributed by atoms with E-state index < -0.39 is 12.1 Å². The monoisotopic (exact) mass is 215 g/mol. The molecule has 14 heavy (non-hydrogen) atoms. The minimum atomic E-state index is -4.89. The standard InChI is InChI=1S/C7H13F3N2O2/c1-12(2,3)4-5-14-11-6(13)7(8,9)10/h4-5H2,1-3H3/p+1. The maximum atomic E-state index is 11.6. The van der Waals surface area contributed by atoms with E-state index in [0.717, 1.165) is 0 Å². The molecule has 7 heteroatoms. The first kappa shape index (κ1) is 13.2. The quantitative estimate of drug-likeness (QED) is 0.416. The third-order valence-corrected chi connectivity index (χ3v) is 1.29. The van der Waals surface area contributed by atoms with Crippen LogP contribution >= 0.6 is 0 Å². The number of amides is 1. The second-order valence-corrected chi connectivity index (χ2v) is 3.79. The summed E-state index contributed by atoms with van der Waals surface area (Å²) in [6.07, 6.45) is -4.89. The molecular formula is C7H14F3N2O2+. The summed E-state index contributed by atoms with van der Waals surface area (Å²) in [4.78, 5) is 14.6. The van der Waals surface area contributed by atoms with Gasteiger partial charge in [0, 0.05) is 0 Å². The molecule has 84 valence electrons. The number of carbonyl (C=O) groups excluding carboxylic acids is 1. The topological polar surface area (TPSA) is 38.3 Å². The molecule has 1 amide bonds. The zero-order valence-electron chi connectivity index (χ0n) is 8.31. The van der Waals surface area contributed by atoms with Gasteiger partial charge in [-0.1, -0.05) is 0 Å². The summed E-state index contributed by atoms with van der Waals surface area (Å²) in [6, 6.07) is 0. The van der Waals surface area contributed by atoms with Crippen molar-refractivity contribution in [2.75, 3.05) is 34.3 Å². The van der Waals surface area contributed by atoms with E-state index >= 15 is 0 Å². The van der Waals surface area contributed by atoms with E-state index in [2.05, 4.69) is 4.84 Å². The Morgan fingerprint density at radius 3 is 2.21 bits per heavy atom. The van der Waals surface area contributed by atoms with Crippen LogP contribution in [-0.4, -0.2) is 50.9 Å². The molecule has 0 spiro atoms. The van der Waals surface area contributed by atoms with Crippen molar-refractivity contribution in [2.24, 2.45) is 0 Å². The molecule has 0 radical (unpaired) electrons. The molecular weight excluding hydrogens is 201 g/mol. The second kappa shape index (κ2) is 4.61. The number of hydrogen-bond donors (Lipinski definition) is 1. The van der Waals surface area contributed by atoms with Crippen LogP contribution in [0.1, 0.15) is 0 Å². The lowest BCUT2D eigenvalue weighted by Crippen LogP contribution is -2.41. The minimum absolute atomic E-state index is 0.0331. The first-order valence-corrected chi connectivity index (χ1v) is 3.92. The number of nitrogens with zero attached hydrogens (tertiary/aromatic N) is 1. The highest BCUT2D eigenvalue weighted by Gasteiger charge is 2.39. The Labute approximate surface area is 80.2 Å². The van der Waals surface area contributed by atoms with E-state index in [1.54, 1.807) is 0 Å².